The Bertz CT molecular complexity index is 719. The van der Waals surface area contributed by atoms with E-state index in [1.165, 1.54) is 48.8 Å². The minimum Gasteiger partial charge on any atom is -0.393 e. The lowest BCUT2D eigenvalue weighted by Gasteiger charge is -2.44. The SMILES string of the molecule is C=C1CC[C@H](O)C/C1=C/C=C1\CCC[C@]2(C)[C@@H]([C@H](C)/C=C/C(=C)C(C)C)CC[C@@H]12. The predicted octanol–water partition coefficient (Wildman–Crippen LogP) is 7.56. The van der Waals surface area contributed by atoms with E-state index in [1.54, 1.807) is 5.57 Å². The van der Waals surface area contributed by atoms with Gasteiger partial charge in [-0.15, -0.1) is 0 Å². The van der Waals surface area contributed by atoms with Gasteiger partial charge in [0.2, 0.25) is 0 Å². The van der Waals surface area contributed by atoms with Crippen LogP contribution in [0.2, 0.25) is 0 Å². The van der Waals surface area contributed by atoms with Gasteiger partial charge in [0, 0.05) is 0 Å². The van der Waals surface area contributed by atoms with Crippen molar-refractivity contribution in [2.45, 2.75) is 85.2 Å². The molecular weight excluding hydrogens is 352 g/mol. The Kier molecular flexibility index (Phi) is 7.10. The van der Waals surface area contributed by atoms with Crippen LogP contribution in [0, 0.1) is 29.1 Å². The summed E-state index contributed by atoms with van der Waals surface area (Å²) in [4.78, 5) is 0. The number of fused-ring (bicyclic) bond motifs is 1. The van der Waals surface area contributed by atoms with E-state index >= 15 is 0 Å². The van der Waals surface area contributed by atoms with Crippen molar-refractivity contribution in [3.8, 4) is 0 Å². The average Bonchev–Trinajstić information content (AvgIpc) is 3.04. The fourth-order valence-electron chi connectivity index (χ4n) is 6.14. The monoisotopic (exact) mass is 394 g/mol. The summed E-state index contributed by atoms with van der Waals surface area (Å²) in [5.74, 6) is 2.60. The maximum absolute atomic E-state index is 10.0. The van der Waals surface area contributed by atoms with Gasteiger partial charge in [0.25, 0.3) is 0 Å². The molecule has 3 aliphatic carbocycles. The van der Waals surface area contributed by atoms with Crippen molar-refractivity contribution in [1.82, 2.24) is 0 Å². The Morgan fingerprint density at radius 2 is 1.90 bits per heavy atom. The summed E-state index contributed by atoms with van der Waals surface area (Å²) in [6.07, 6.45) is 18.3. The van der Waals surface area contributed by atoms with Crippen LogP contribution in [0.4, 0.5) is 0 Å². The van der Waals surface area contributed by atoms with Gasteiger partial charge in [0.05, 0.1) is 6.10 Å². The summed E-state index contributed by atoms with van der Waals surface area (Å²) in [6.45, 7) is 17.9. The molecule has 5 atom stereocenters. The van der Waals surface area contributed by atoms with E-state index in [-0.39, 0.29) is 6.10 Å². The third-order valence-electron chi connectivity index (χ3n) is 8.22. The van der Waals surface area contributed by atoms with Gasteiger partial charge >= 0.3 is 0 Å². The number of allylic oxidation sites excluding steroid dienone is 7. The minimum atomic E-state index is -0.189. The highest BCUT2D eigenvalue weighted by Gasteiger charge is 2.50. The van der Waals surface area contributed by atoms with Crippen LogP contribution < -0.4 is 0 Å². The zero-order chi connectivity index (χ0) is 21.2. The molecule has 0 unspecified atom stereocenters. The highest BCUT2D eigenvalue weighted by Crippen LogP contribution is 2.59. The Balaban J connectivity index is 1.76. The molecule has 0 aromatic rings. The second-order valence-corrected chi connectivity index (χ2v) is 10.5. The van der Waals surface area contributed by atoms with E-state index in [0.29, 0.717) is 23.2 Å². The molecule has 160 valence electrons. The Labute approximate surface area is 179 Å². The smallest absolute Gasteiger partial charge is 0.0583 e. The average molecular weight is 395 g/mol. The molecule has 29 heavy (non-hydrogen) atoms. The fourth-order valence-corrected chi connectivity index (χ4v) is 6.14. The summed E-state index contributed by atoms with van der Waals surface area (Å²) in [7, 11) is 0. The molecule has 0 aromatic carbocycles. The van der Waals surface area contributed by atoms with Gasteiger partial charge in [0.1, 0.15) is 0 Å². The summed E-state index contributed by atoms with van der Waals surface area (Å²) >= 11 is 0. The van der Waals surface area contributed by atoms with E-state index in [0.717, 1.165) is 25.2 Å². The van der Waals surface area contributed by atoms with Crippen molar-refractivity contribution in [2.24, 2.45) is 29.1 Å². The first-order valence-corrected chi connectivity index (χ1v) is 11.8. The quantitative estimate of drug-likeness (QED) is 0.477. The largest absolute Gasteiger partial charge is 0.393 e. The molecule has 3 aliphatic rings. The summed E-state index contributed by atoms with van der Waals surface area (Å²) in [6, 6.07) is 0. The molecule has 0 spiro atoms. The Morgan fingerprint density at radius 3 is 2.62 bits per heavy atom. The second-order valence-electron chi connectivity index (χ2n) is 10.5. The van der Waals surface area contributed by atoms with Gasteiger partial charge in [-0.05, 0) is 86.0 Å². The van der Waals surface area contributed by atoms with Gasteiger partial charge < -0.3 is 5.11 Å². The highest BCUT2D eigenvalue weighted by molar-refractivity contribution is 5.36. The first kappa shape index (κ1) is 22.3. The Hall–Kier alpha value is -1.34. The lowest BCUT2D eigenvalue weighted by atomic mass is 9.61. The molecule has 0 aliphatic heterocycles. The molecule has 0 heterocycles. The van der Waals surface area contributed by atoms with E-state index in [1.807, 2.05) is 0 Å². The van der Waals surface area contributed by atoms with Gasteiger partial charge in [-0.3, -0.25) is 0 Å². The van der Waals surface area contributed by atoms with Gasteiger partial charge in [-0.2, -0.15) is 0 Å². The number of aliphatic hydroxyl groups is 1. The van der Waals surface area contributed by atoms with Crippen molar-refractivity contribution in [2.75, 3.05) is 0 Å². The summed E-state index contributed by atoms with van der Waals surface area (Å²) < 4.78 is 0. The van der Waals surface area contributed by atoms with Crippen LogP contribution in [0.3, 0.4) is 0 Å². The first-order valence-electron chi connectivity index (χ1n) is 11.8. The number of aliphatic hydroxyl groups excluding tert-OH is 1. The maximum atomic E-state index is 10.0. The molecule has 0 saturated heterocycles. The molecule has 3 fully saturated rings. The van der Waals surface area contributed by atoms with Gasteiger partial charge in [0.15, 0.2) is 0 Å². The van der Waals surface area contributed by atoms with Crippen molar-refractivity contribution in [3.05, 3.63) is 59.8 Å². The molecule has 3 rings (SSSR count). The molecule has 1 nitrogen and oxygen atoms in total. The van der Waals surface area contributed by atoms with Crippen LogP contribution in [0.5, 0.6) is 0 Å². The van der Waals surface area contributed by atoms with E-state index < -0.39 is 0 Å². The summed E-state index contributed by atoms with van der Waals surface area (Å²) in [5.41, 5.74) is 5.78. The van der Waals surface area contributed by atoms with Crippen LogP contribution >= 0.6 is 0 Å². The van der Waals surface area contributed by atoms with E-state index in [2.05, 4.69) is 65.2 Å². The van der Waals surface area contributed by atoms with Crippen LogP contribution in [-0.2, 0) is 0 Å². The number of rotatable bonds is 5. The summed E-state index contributed by atoms with van der Waals surface area (Å²) in [5, 5.41) is 10.0. The van der Waals surface area contributed by atoms with Crippen molar-refractivity contribution >= 4 is 0 Å². The standard InChI is InChI=1S/C28H42O/c1-19(2)20(3)9-10-22(5)26-15-16-27-23(8-7-17-28(26,27)6)12-13-24-18-25(29)14-11-21(24)4/h9-10,12-13,19,22,25-27,29H,3-4,7-8,11,14-18H2,1-2,5-6H3/b10-9+,23-12+,24-13-/t22-,25+,26-,27+,28-/m1/s1. The van der Waals surface area contributed by atoms with Crippen molar-refractivity contribution in [1.29, 1.82) is 0 Å². The van der Waals surface area contributed by atoms with Crippen molar-refractivity contribution in [3.63, 3.8) is 0 Å². The molecule has 3 saturated carbocycles. The molecule has 0 bridgehead atoms. The lowest BCUT2D eigenvalue weighted by molar-refractivity contribution is 0.112. The fraction of sp³-hybridized carbons (Fsp3) is 0.643. The van der Waals surface area contributed by atoms with Crippen LogP contribution in [0.25, 0.3) is 0 Å². The second kappa shape index (κ2) is 9.21. The van der Waals surface area contributed by atoms with Gasteiger partial charge in [-0.25, -0.2) is 0 Å². The number of hydrogen-bond donors (Lipinski definition) is 1. The molecule has 0 radical (unpaired) electrons. The number of hydrogen-bond acceptors (Lipinski definition) is 1. The molecule has 0 amide bonds. The van der Waals surface area contributed by atoms with E-state index in [9.17, 15) is 5.11 Å². The van der Waals surface area contributed by atoms with Crippen molar-refractivity contribution < 1.29 is 5.11 Å². The first-order chi connectivity index (χ1) is 13.7. The predicted molar refractivity (Wildman–Crippen MR) is 126 cm³/mol. The zero-order valence-electron chi connectivity index (χ0n) is 19.2. The van der Waals surface area contributed by atoms with Crippen LogP contribution in [-0.4, -0.2) is 11.2 Å². The third-order valence-corrected chi connectivity index (χ3v) is 8.22. The molecule has 0 aromatic heterocycles. The molecular formula is C28H42O. The molecule has 1 heteroatoms. The topological polar surface area (TPSA) is 20.2 Å². The third kappa shape index (κ3) is 4.88. The lowest BCUT2D eigenvalue weighted by Crippen LogP contribution is -2.35. The normalized spacial score (nSPS) is 36.9. The van der Waals surface area contributed by atoms with Crippen LogP contribution in [0.1, 0.15) is 79.1 Å². The molecule has 1 N–H and O–H groups in total. The minimum absolute atomic E-state index is 0.189. The maximum Gasteiger partial charge on any atom is 0.0583 e. The van der Waals surface area contributed by atoms with Crippen LogP contribution in [0.15, 0.2) is 59.8 Å². The highest BCUT2D eigenvalue weighted by atomic mass is 16.3. The van der Waals surface area contributed by atoms with E-state index in [4.69, 9.17) is 0 Å². The Morgan fingerprint density at radius 1 is 1.14 bits per heavy atom. The van der Waals surface area contributed by atoms with Gasteiger partial charge in [-0.1, -0.05) is 81.9 Å². The zero-order valence-corrected chi connectivity index (χ0v) is 19.2.